The minimum absolute atomic E-state index is 0.0521. The van der Waals surface area contributed by atoms with Crippen molar-refractivity contribution in [3.63, 3.8) is 0 Å². The van der Waals surface area contributed by atoms with Crippen molar-refractivity contribution >= 4 is 37.6 Å². The Balaban J connectivity index is 3.20. The molecule has 0 fully saturated rings. The average Bonchev–Trinajstić information content (AvgIpc) is 2.27. The van der Waals surface area contributed by atoms with Crippen molar-refractivity contribution in [3.8, 4) is 5.75 Å². The molecule has 0 aliphatic heterocycles. The van der Waals surface area contributed by atoms with E-state index < -0.39 is 17.9 Å². The number of Topliss-reactive ketones (excluding diaryl/α,β-unsaturated/α-hetero) is 1. The van der Waals surface area contributed by atoms with Crippen LogP contribution in [0.1, 0.15) is 22.3 Å². The molecule has 1 rings (SSSR count). The van der Waals surface area contributed by atoms with Crippen molar-refractivity contribution < 1.29 is 22.7 Å². The molecule has 0 atom stereocenters. The molecule has 0 bridgehead atoms. The Bertz CT molecular complexity index is 433. The fourth-order valence-corrected chi connectivity index (χ4v) is 2.17. The minimum Gasteiger partial charge on any atom is -0.405 e. The lowest BCUT2D eigenvalue weighted by Crippen LogP contribution is -2.20. The summed E-state index contributed by atoms with van der Waals surface area (Å²) in [4.78, 5) is 11.7. The zero-order valence-corrected chi connectivity index (χ0v) is 12.2. The highest BCUT2D eigenvalue weighted by atomic mass is 79.9. The van der Waals surface area contributed by atoms with E-state index in [9.17, 15) is 18.0 Å². The Morgan fingerprint density at radius 1 is 1.28 bits per heavy atom. The van der Waals surface area contributed by atoms with Crippen LogP contribution in [0.5, 0.6) is 5.75 Å². The van der Waals surface area contributed by atoms with E-state index >= 15 is 0 Å². The van der Waals surface area contributed by atoms with Crippen molar-refractivity contribution in [2.75, 3.05) is 5.33 Å². The van der Waals surface area contributed by atoms with Gasteiger partial charge in [0.25, 0.3) is 0 Å². The molecule has 1 aromatic rings. The lowest BCUT2D eigenvalue weighted by molar-refractivity contribution is -0.274. The van der Waals surface area contributed by atoms with Gasteiger partial charge in [0, 0.05) is 22.6 Å². The van der Waals surface area contributed by atoms with E-state index in [0.717, 1.165) is 0 Å². The van der Waals surface area contributed by atoms with Gasteiger partial charge in [-0.15, -0.1) is 13.2 Å². The molecule has 0 saturated carbocycles. The largest absolute Gasteiger partial charge is 0.573 e. The summed E-state index contributed by atoms with van der Waals surface area (Å²) in [6.07, 6.45) is -4.71. The monoisotopic (exact) mass is 388 g/mol. The number of carbonyl (C=O) groups excluding carboxylic acids is 1. The minimum atomic E-state index is -4.82. The van der Waals surface area contributed by atoms with Crippen molar-refractivity contribution in [3.05, 3.63) is 29.3 Å². The summed E-state index contributed by atoms with van der Waals surface area (Å²) in [7, 11) is 0. The summed E-state index contributed by atoms with van der Waals surface area (Å²) < 4.78 is 40.9. The van der Waals surface area contributed by atoms with Gasteiger partial charge in [-0.05, 0) is 6.07 Å². The Labute approximate surface area is 119 Å². The van der Waals surface area contributed by atoms with E-state index in [1.807, 2.05) is 0 Å². The predicted octanol–water partition coefficient (Wildman–Crippen LogP) is 4.45. The summed E-state index contributed by atoms with van der Waals surface area (Å²) in [5.41, 5.74) is 0.233. The van der Waals surface area contributed by atoms with Gasteiger partial charge in [0.1, 0.15) is 5.75 Å². The van der Waals surface area contributed by atoms with Crippen LogP contribution >= 0.6 is 31.9 Å². The molecule has 0 heterocycles. The first-order valence-electron chi connectivity index (χ1n) is 4.91. The quantitative estimate of drug-likeness (QED) is 0.549. The number of benzene rings is 1. The van der Waals surface area contributed by atoms with Crippen LogP contribution in [0.25, 0.3) is 0 Å². The van der Waals surface area contributed by atoms with Crippen LogP contribution < -0.4 is 4.74 Å². The first-order chi connectivity index (χ1) is 8.39. The number of ketones is 1. The van der Waals surface area contributed by atoms with Gasteiger partial charge in [-0.2, -0.15) is 0 Å². The van der Waals surface area contributed by atoms with Gasteiger partial charge in [0.2, 0.25) is 0 Å². The second kappa shape index (κ2) is 6.56. The van der Waals surface area contributed by atoms with E-state index in [4.69, 9.17) is 0 Å². The second-order valence-corrected chi connectivity index (χ2v) is 4.69. The van der Waals surface area contributed by atoms with Crippen LogP contribution in [0.4, 0.5) is 13.2 Å². The smallest absolute Gasteiger partial charge is 0.405 e. The molecule has 0 unspecified atom stereocenters. The fraction of sp³-hybridized carbons (Fsp3) is 0.364. The second-order valence-electron chi connectivity index (χ2n) is 3.34. The fourth-order valence-electron chi connectivity index (χ4n) is 1.37. The van der Waals surface area contributed by atoms with Crippen molar-refractivity contribution in [1.29, 1.82) is 0 Å². The molecule has 18 heavy (non-hydrogen) atoms. The standard InChI is InChI=1S/C11H9Br2F3O2/c12-5-4-9(17)8-3-1-2-7(6-13)10(8)18-11(14,15)16/h1-3H,4-6H2. The molecule has 0 spiro atoms. The maximum Gasteiger partial charge on any atom is 0.573 e. The van der Waals surface area contributed by atoms with Crippen LogP contribution in [-0.4, -0.2) is 17.5 Å². The highest BCUT2D eigenvalue weighted by Crippen LogP contribution is 2.32. The lowest BCUT2D eigenvalue weighted by Gasteiger charge is -2.15. The third kappa shape index (κ3) is 4.28. The molecule has 0 saturated heterocycles. The van der Waals surface area contributed by atoms with E-state index in [-0.39, 0.29) is 22.9 Å². The SMILES string of the molecule is O=C(CCBr)c1cccc(CBr)c1OC(F)(F)F. The van der Waals surface area contributed by atoms with E-state index in [1.165, 1.54) is 18.2 Å². The Morgan fingerprint density at radius 2 is 1.94 bits per heavy atom. The van der Waals surface area contributed by atoms with Gasteiger partial charge in [0.15, 0.2) is 5.78 Å². The highest BCUT2D eigenvalue weighted by Gasteiger charge is 2.33. The van der Waals surface area contributed by atoms with E-state index in [2.05, 4.69) is 36.6 Å². The Hall–Kier alpha value is -0.560. The van der Waals surface area contributed by atoms with Crippen molar-refractivity contribution in [1.82, 2.24) is 0 Å². The van der Waals surface area contributed by atoms with E-state index in [0.29, 0.717) is 5.33 Å². The third-order valence-electron chi connectivity index (χ3n) is 2.08. The Morgan fingerprint density at radius 3 is 2.44 bits per heavy atom. The topological polar surface area (TPSA) is 26.3 Å². The van der Waals surface area contributed by atoms with E-state index in [1.54, 1.807) is 0 Å². The van der Waals surface area contributed by atoms with Crippen LogP contribution in [0.15, 0.2) is 18.2 Å². The molecule has 0 aliphatic carbocycles. The summed E-state index contributed by atoms with van der Waals surface area (Å²) >= 11 is 6.15. The highest BCUT2D eigenvalue weighted by molar-refractivity contribution is 9.09. The van der Waals surface area contributed by atoms with Gasteiger partial charge in [-0.25, -0.2) is 0 Å². The number of hydrogen-bond donors (Lipinski definition) is 0. The lowest BCUT2D eigenvalue weighted by atomic mass is 10.0. The zero-order valence-electron chi connectivity index (χ0n) is 9.06. The zero-order chi connectivity index (χ0) is 13.8. The maximum atomic E-state index is 12.3. The number of carbonyl (C=O) groups is 1. The Kier molecular flexibility index (Phi) is 5.65. The van der Waals surface area contributed by atoms with Crippen molar-refractivity contribution in [2.24, 2.45) is 0 Å². The van der Waals surface area contributed by atoms with Gasteiger partial charge >= 0.3 is 6.36 Å². The summed E-state index contributed by atoms with van der Waals surface area (Å²) in [5, 5.41) is 0.559. The van der Waals surface area contributed by atoms with Gasteiger partial charge in [-0.3, -0.25) is 4.79 Å². The number of ether oxygens (including phenoxy) is 1. The molecule has 0 N–H and O–H groups in total. The molecule has 1 aromatic carbocycles. The van der Waals surface area contributed by atoms with Crippen LogP contribution in [-0.2, 0) is 5.33 Å². The normalized spacial score (nSPS) is 11.4. The maximum absolute atomic E-state index is 12.3. The van der Waals surface area contributed by atoms with Gasteiger partial charge in [0.05, 0.1) is 5.56 Å². The van der Waals surface area contributed by atoms with Gasteiger partial charge < -0.3 is 4.74 Å². The summed E-state index contributed by atoms with van der Waals surface area (Å²) in [6.45, 7) is 0. The van der Waals surface area contributed by atoms with Crippen LogP contribution in [0.3, 0.4) is 0 Å². The third-order valence-corrected chi connectivity index (χ3v) is 3.08. The average molecular weight is 390 g/mol. The predicted molar refractivity (Wildman–Crippen MR) is 68.5 cm³/mol. The molecule has 100 valence electrons. The number of hydrogen-bond acceptors (Lipinski definition) is 2. The van der Waals surface area contributed by atoms with Crippen molar-refractivity contribution in [2.45, 2.75) is 18.1 Å². The number of halogens is 5. The molecule has 7 heteroatoms. The summed E-state index contributed by atoms with van der Waals surface area (Å²) in [6, 6.07) is 4.33. The first-order valence-corrected chi connectivity index (χ1v) is 7.16. The molecule has 0 amide bonds. The first kappa shape index (κ1) is 15.5. The van der Waals surface area contributed by atoms with Gasteiger partial charge in [-0.1, -0.05) is 44.0 Å². The summed E-state index contributed by atoms with van der Waals surface area (Å²) in [5.74, 6) is -0.818. The molecule has 2 nitrogen and oxygen atoms in total. The number of alkyl halides is 5. The molecule has 0 aromatic heterocycles. The molecular formula is C11H9Br2F3O2. The number of rotatable bonds is 5. The number of para-hydroxylation sites is 1. The molecule has 0 radical (unpaired) electrons. The molecule has 0 aliphatic rings. The van der Waals surface area contributed by atoms with Crippen LogP contribution in [0, 0.1) is 0 Å². The van der Waals surface area contributed by atoms with Crippen LogP contribution in [0.2, 0.25) is 0 Å². The molecular weight excluding hydrogens is 381 g/mol.